The molecule has 0 aromatic heterocycles. The number of nitrogens with zero attached hydrogens (tertiary/aromatic N) is 1. The predicted octanol–water partition coefficient (Wildman–Crippen LogP) is 3.44. The summed E-state index contributed by atoms with van der Waals surface area (Å²) in [5.74, 6) is 0. The maximum atomic E-state index is 2.76. The van der Waals surface area contributed by atoms with Crippen LogP contribution < -0.4 is 0 Å². The summed E-state index contributed by atoms with van der Waals surface area (Å²) in [6.07, 6.45) is 8.76. The summed E-state index contributed by atoms with van der Waals surface area (Å²) in [6, 6.07) is 1.63. The highest BCUT2D eigenvalue weighted by Gasteiger charge is 2.44. The van der Waals surface area contributed by atoms with Gasteiger partial charge in [-0.05, 0) is 44.9 Å². The first-order chi connectivity index (χ1) is 6.67. The molecule has 2 unspecified atom stereocenters. The molecule has 0 bridgehead atoms. The summed E-state index contributed by atoms with van der Waals surface area (Å²) in [4.78, 5) is 2.76. The highest BCUT2D eigenvalue weighted by atomic mass is 15.2. The fraction of sp³-hybridized carbons (Fsp3) is 1.00. The quantitative estimate of drug-likeness (QED) is 0.652. The third-order valence-electron chi connectivity index (χ3n) is 4.63. The molecule has 1 heteroatoms. The van der Waals surface area contributed by atoms with E-state index in [1.165, 1.54) is 45.1 Å². The monoisotopic (exact) mass is 195 g/mol. The van der Waals surface area contributed by atoms with Gasteiger partial charge in [0.25, 0.3) is 0 Å². The molecule has 1 saturated carbocycles. The predicted molar refractivity (Wildman–Crippen MR) is 61.4 cm³/mol. The zero-order chi connectivity index (χ0) is 10.2. The normalized spacial score (nSPS) is 34.1. The lowest BCUT2D eigenvalue weighted by molar-refractivity contribution is 0.180. The molecule has 82 valence electrons. The van der Waals surface area contributed by atoms with E-state index >= 15 is 0 Å². The fourth-order valence-corrected chi connectivity index (χ4v) is 3.66. The minimum absolute atomic E-state index is 0.739. The second kappa shape index (κ2) is 3.84. The van der Waals surface area contributed by atoms with Gasteiger partial charge in [-0.15, -0.1) is 0 Å². The average Bonchev–Trinajstić information content (AvgIpc) is 2.74. The van der Waals surface area contributed by atoms with Crippen molar-refractivity contribution in [1.29, 1.82) is 0 Å². The fourth-order valence-electron chi connectivity index (χ4n) is 3.66. The van der Waals surface area contributed by atoms with Gasteiger partial charge in [-0.3, -0.25) is 4.90 Å². The van der Waals surface area contributed by atoms with Gasteiger partial charge in [-0.25, -0.2) is 0 Å². The van der Waals surface area contributed by atoms with E-state index in [9.17, 15) is 0 Å². The van der Waals surface area contributed by atoms with Gasteiger partial charge in [0.05, 0.1) is 0 Å². The van der Waals surface area contributed by atoms with Crippen LogP contribution in [0.2, 0.25) is 0 Å². The summed E-state index contributed by atoms with van der Waals surface area (Å²) in [5.41, 5.74) is 0.739. The lowest BCUT2D eigenvalue weighted by Crippen LogP contribution is -2.36. The van der Waals surface area contributed by atoms with Crippen LogP contribution in [0.5, 0.6) is 0 Å². The van der Waals surface area contributed by atoms with Crippen LogP contribution in [0.25, 0.3) is 0 Å². The molecule has 1 heterocycles. The Labute approximate surface area is 88.9 Å². The molecule has 0 aromatic carbocycles. The molecule has 2 atom stereocenters. The van der Waals surface area contributed by atoms with Crippen molar-refractivity contribution in [1.82, 2.24) is 4.90 Å². The molecule has 2 aliphatic rings. The topological polar surface area (TPSA) is 3.24 Å². The highest BCUT2D eigenvalue weighted by molar-refractivity contribution is 4.98. The van der Waals surface area contributed by atoms with E-state index < -0.39 is 0 Å². The Morgan fingerprint density at radius 1 is 1.36 bits per heavy atom. The van der Waals surface area contributed by atoms with E-state index in [2.05, 4.69) is 25.7 Å². The average molecular weight is 195 g/mol. The van der Waals surface area contributed by atoms with Crippen LogP contribution in [-0.4, -0.2) is 23.5 Å². The summed E-state index contributed by atoms with van der Waals surface area (Å²) in [6.45, 7) is 8.53. The third-order valence-corrected chi connectivity index (χ3v) is 4.63. The molecule has 2 fully saturated rings. The molecular weight excluding hydrogens is 170 g/mol. The van der Waals surface area contributed by atoms with Crippen molar-refractivity contribution >= 4 is 0 Å². The Balaban J connectivity index is 2.02. The lowest BCUT2D eigenvalue weighted by atomic mass is 9.84. The second-order valence-electron chi connectivity index (χ2n) is 5.69. The summed E-state index contributed by atoms with van der Waals surface area (Å²) < 4.78 is 0. The first-order valence-corrected chi connectivity index (χ1v) is 6.43. The van der Waals surface area contributed by atoms with E-state index in [1.807, 2.05) is 0 Å². The highest BCUT2D eigenvalue weighted by Crippen LogP contribution is 2.48. The molecule has 0 aromatic rings. The summed E-state index contributed by atoms with van der Waals surface area (Å²) in [5, 5.41) is 0. The Hall–Kier alpha value is -0.0400. The molecule has 14 heavy (non-hydrogen) atoms. The van der Waals surface area contributed by atoms with Gasteiger partial charge in [-0.2, -0.15) is 0 Å². The standard InChI is InChI=1S/C13H25N/c1-4-11(2)14-10-13(9-12(14)3)7-5-6-8-13/h11-12H,4-10H2,1-3H3. The van der Waals surface area contributed by atoms with Crippen molar-refractivity contribution in [2.45, 2.75) is 71.4 Å². The van der Waals surface area contributed by atoms with Crippen LogP contribution >= 0.6 is 0 Å². The lowest BCUT2D eigenvalue weighted by Gasteiger charge is -2.29. The molecule has 0 N–H and O–H groups in total. The van der Waals surface area contributed by atoms with Crippen molar-refractivity contribution in [3.8, 4) is 0 Å². The van der Waals surface area contributed by atoms with Gasteiger partial charge in [0.15, 0.2) is 0 Å². The van der Waals surface area contributed by atoms with Crippen LogP contribution in [0.4, 0.5) is 0 Å². The Kier molecular flexibility index (Phi) is 2.88. The van der Waals surface area contributed by atoms with E-state index in [0.29, 0.717) is 0 Å². The molecule has 1 spiro atoms. The van der Waals surface area contributed by atoms with Gasteiger partial charge in [0.1, 0.15) is 0 Å². The number of likely N-dealkylation sites (tertiary alicyclic amines) is 1. The molecule has 1 aliphatic carbocycles. The van der Waals surface area contributed by atoms with Gasteiger partial charge >= 0.3 is 0 Å². The van der Waals surface area contributed by atoms with Crippen molar-refractivity contribution < 1.29 is 0 Å². The molecule has 2 rings (SSSR count). The smallest absolute Gasteiger partial charge is 0.00757 e. The minimum Gasteiger partial charge on any atom is -0.297 e. The van der Waals surface area contributed by atoms with Crippen molar-refractivity contribution in [3.05, 3.63) is 0 Å². The van der Waals surface area contributed by atoms with Gasteiger partial charge < -0.3 is 0 Å². The molecular formula is C13H25N. The summed E-state index contributed by atoms with van der Waals surface area (Å²) in [7, 11) is 0. The SMILES string of the molecule is CCC(C)N1CC2(CCCC2)CC1C. The maximum Gasteiger partial charge on any atom is 0.00757 e. The Bertz CT molecular complexity index is 193. The Morgan fingerprint density at radius 2 is 2.00 bits per heavy atom. The van der Waals surface area contributed by atoms with E-state index in [0.717, 1.165) is 17.5 Å². The molecule has 0 amide bonds. The largest absolute Gasteiger partial charge is 0.297 e. The van der Waals surface area contributed by atoms with Crippen LogP contribution in [-0.2, 0) is 0 Å². The second-order valence-corrected chi connectivity index (χ2v) is 5.69. The number of rotatable bonds is 2. The number of hydrogen-bond acceptors (Lipinski definition) is 1. The Morgan fingerprint density at radius 3 is 2.57 bits per heavy atom. The van der Waals surface area contributed by atoms with Crippen LogP contribution in [0.3, 0.4) is 0 Å². The minimum atomic E-state index is 0.739. The van der Waals surface area contributed by atoms with Crippen LogP contribution in [0, 0.1) is 5.41 Å². The van der Waals surface area contributed by atoms with Crippen molar-refractivity contribution in [2.24, 2.45) is 5.41 Å². The van der Waals surface area contributed by atoms with Gasteiger partial charge in [0, 0.05) is 18.6 Å². The van der Waals surface area contributed by atoms with E-state index in [4.69, 9.17) is 0 Å². The molecule has 1 nitrogen and oxygen atoms in total. The molecule has 1 aliphatic heterocycles. The van der Waals surface area contributed by atoms with E-state index in [-0.39, 0.29) is 0 Å². The maximum absolute atomic E-state index is 2.76. The first kappa shape index (κ1) is 10.5. The molecule has 1 saturated heterocycles. The third kappa shape index (κ3) is 1.71. The van der Waals surface area contributed by atoms with Crippen LogP contribution in [0.15, 0.2) is 0 Å². The zero-order valence-electron chi connectivity index (χ0n) is 10.1. The van der Waals surface area contributed by atoms with Crippen molar-refractivity contribution in [3.63, 3.8) is 0 Å². The zero-order valence-corrected chi connectivity index (χ0v) is 10.1. The van der Waals surface area contributed by atoms with E-state index in [1.54, 1.807) is 0 Å². The summed E-state index contributed by atoms with van der Waals surface area (Å²) >= 11 is 0. The van der Waals surface area contributed by atoms with Gasteiger partial charge in [0.2, 0.25) is 0 Å². The van der Waals surface area contributed by atoms with Gasteiger partial charge in [-0.1, -0.05) is 19.8 Å². The number of hydrogen-bond donors (Lipinski definition) is 0. The first-order valence-electron chi connectivity index (χ1n) is 6.43. The molecule has 0 radical (unpaired) electrons. The van der Waals surface area contributed by atoms with Crippen molar-refractivity contribution in [2.75, 3.05) is 6.54 Å². The van der Waals surface area contributed by atoms with Crippen LogP contribution in [0.1, 0.15) is 59.3 Å².